The van der Waals surface area contributed by atoms with E-state index in [9.17, 15) is 18.3 Å². The van der Waals surface area contributed by atoms with Gasteiger partial charge in [-0.1, -0.05) is 47.5 Å². The lowest BCUT2D eigenvalue weighted by Crippen LogP contribution is -2.51. The number of carbonyl (C=O) groups is 1. The Balaban J connectivity index is 1.52. The Morgan fingerprint density at radius 1 is 1.10 bits per heavy atom. The monoisotopic (exact) mass is 486 g/mol. The Hall–Kier alpha value is -1.68. The van der Waals surface area contributed by atoms with E-state index in [1.807, 2.05) is 0 Å². The third-order valence-electron chi connectivity index (χ3n) is 5.04. The zero-order valence-corrected chi connectivity index (χ0v) is 19.0. The molecule has 0 aliphatic carbocycles. The zero-order chi connectivity index (χ0) is 22.4. The Morgan fingerprint density at radius 2 is 1.84 bits per heavy atom. The molecule has 168 valence electrons. The summed E-state index contributed by atoms with van der Waals surface area (Å²) in [6, 6.07) is 12.6. The number of rotatable bonds is 8. The highest BCUT2D eigenvalue weighted by molar-refractivity contribution is 7.89. The number of ether oxygens (including phenoxy) is 1. The fourth-order valence-corrected chi connectivity index (χ4v) is 5.05. The van der Waals surface area contributed by atoms with Crippen molar-refractivity contribution in [1.29, 1.82) is 0 Å². The number of nitrogens with one attached hydrogen (secondary N) is 2. The summed E-state index contributed by atoms with van der Waals surface area (Å²) in [5.74, 6) is -0.212. The van der Waals surface area contributed by atoms with Crippen LogP contribution in [0.5, 0.6) is 0 Å². The Bertz CT molecular complexity index is 1000. The van der Waals surface area contributed by atoms with Crippen molar-refractivity contribution >= 4 is 39.1 Å². The molecule has 0 aromatic heterocycles. The molecular formula is C21H24Cl2N2O5S. The predicted molar refractivity (Wildman–Crippen MR) is 118 cm³/mol. The molecule has 0 unspecified atom stereocenters. The highest BCUT2D eigenvalue weighted by atomic mass is 35.5. The summed E-state index contributed by atoms with van der Waals surface area (Å²) < 4.78 is 33.5. The number of benzene rings is 2. The summed E-state index contributed by atoms with van der Waals surface area (Å²) in [7, 11) is -3.73. The van der Waals surface area contributed by atoms with Gasteiger partial charge in [-0.05, 0) is 42.7 Å². The van der Waals surface area contributed by atoms with Crippen molar-refractivity contribution < 1.29 is 23.1 Å². The van der Waals surface area contributed by atoms with Crippen molar-refractivity contribution in [3.63, 3.8) is 0 Å². The predicted octanol–water partition coefficient (Wildman–Crippen LogP) is 2.89. The van der Waals surface area contributed by atoms with E-state index in [2.05, 4.69) is 10.0 Å². The first-order valence-electron chi connectivity index (χ1n) is 9.83. The average Bonchev–Trinajstić information content (AvgIpc) is 2.76. The van der Waals surface area contributed by atoms with Crippen LogP contribution in [0.3, 0.4) is 0 Å². The fraction of sp³-hybridized carbons (Fsp3) is 0.381. The molecule has 7 nitrogen and oxygen atoms in total. The lowest BCUT2D eigenvalue weighted by molar-refractivity contribution is -0.130. The zero-order valence-electron chi connectivity index (χ0n) is 16.6. The van der Waals surface area contributed by atoms with Gasteiger partial charge in [-0.15, -0.1) is 0 Å². The van der Waals surface area contributed by atoms with Crippen LogP contribution in [0.4, 0.5) is 0 Å². The van der Waals surface area contributed by atoms with E-state index in [-0.39, 0.29) is 23.8 Å². The van der Waals surface area contributed by atoms with Crippen LogP contribution >= 0.6 is 23.2 Å². The smallest absolute Gasteiger partial charge is 0.240 e. The van der Waals surface area contributed by atoms with Gasteiger partial charge in [-0.2, -0.15) is 0 Å². The van der Waals surface area contributed by atoms with Gasteiger partial charge in [0.2, 0.25) is 15.9 Å². The molecule has 1 heterocycles. The molecule has 0 bridgehead atoms. The fourth-order valence-electron chi connectivity index (χ4n) is 3.41. The van der Waals surface area contributed by atoms with Crippen molar-refractivity contribution in [1.82, 2.24) is 10.0 Å². The van der Waals surface area contributed by atoms with Gasteiger partial charge in [0, 0.05) is 6.54 Å². The molecule has 0 radical (unpaired) electrons. The Labute approximate surface area is 191 Å². The highest BCUT2D eigenvalue weighted by Gasteiger charge is 2.34. The van der Waals surface area contributed by atoms with E-state index < -0.39 is 28.3 Å². The lowest BCUT2D eigenvalue weighted by Gasteiger charge is -2.35. The van der Waals surface area contributed by atoms with Crippen LogP contribution in [0.1, 0.15) is 24.8 Å². The summed E-state index contributed by atoms with van der Waals surface area (Å²) in [5, 5.41) is 13.4. The minimum Gasteiger partial charge on any atom is -0.394 e. The largest absolute Gasteiger partial charge is 0.394 e. The number of aliphatic hydroxyl groups excluding tert-OH is 1. The normalized spacial score (nSPS) is 21.6. The van der Waals surface area contributed by atoms with E-state index in [1.54, 1.807) is 36.4 Å². The maximum atomic E-state index is 12.6. The van der Waals surface area contributed by atoms with Crippen molar-refractivity contribution in [3.8, 4) is 0 Å². The number of sulfonamides is 1. The highest BCUT2D eigenvalue weighted by Crippen LogP contribution is 2.24. The molecule has 1 aliphatic rings. The molecule has 0 spiro atoms. The molecule has 1 amide bonds. The van der Waals surface area contributed by atoms with Gasteiger partial charge >= 0.3 is 0 Å². The van der Waals surface area contributed by atoms with Gasteiger partial charge in [0.25, 0.3) is 0 Å². The molecule has 1 saturated heterocycles. The summed E-state index contributed by atoms with van der Waals surface area (Å²) >= 11 is 11.9. The summed E-state index contributed by atoms with van der Waals surface area (Å²) in [6.45, 7) is -0.0608. The van der Waals surface area contributed by atoms with Crippen molar-refractivity contribution in [2.75, 3.05) is 6.61 Å². The van der Waals surface area contributed by atoms with Gasteiger partial charge in [0.1, 0.15) is 0 Å². The molecule has 3 N–H and O–H groups in total. The van der Waals surface area contributed by atoms with Gasteiger partial charge in [-0.3, -0.25) is 4.79 Å². The van der Waals surface area contributed by atoms with Gasteiger partial charge in [0.05, 0.1) is 46.2 Å². The molecular weight excluding hydrogens is 463 g/mol. The number of amides is 1. The van der Waals surface area contributed by atoms with E-state index in [4.69, 9.17) is 27.9 Å². The van der Waals surface area contributed by atoms with E-state index in [1.165, 1.54) is 12.1 Å². The van der Waals surface area contributed by atoms with Crippen LogP contribution in [0.2, 0.25) is 10.0 Å². The average molecular weight is 487 g/mol. The molecule has 31 heavy (non-hydrogen) atoms. The van der Waals surface area contributed by atoms with Crippen LogP contribution in [-0.4, -0.2) is 44.3 Å². The van der Waals surface area contributed by atoms with Crippen LogP contribution in [0, 0.1) is 0 Å². The molecule has 2 aromatic carbocycles. The summed E-state index contributed by atoms with van der Waals surface area (Å²) in [4.78, 5) is 12.5. The number of hydrogen-bond acceptors (Lipinski definition) is 5. The third-order valence-corrected chi connectivity index (χ3v) is 7.29. The van der Waals surface area contributed by atoms with Crippen molar-refractivity contribution in [2.45, 2.75) is 49.0 Å². The van der Waals surface area contributed by atoms with E-state index in [0.29, 0.717) is 29.4 Å². The van der Waals surface area contributed by atoms with E-state index in [0.717, 1.165) is 5.56 Å². The van der Waals surface area contributed by atoms with Crippen LogP contribution in [-0.2, 0) is 26.1 Å². The molecule has 10 heteroatoms. The number of hydrogen-bond donors (Lipinski definition) is 3. The quantitative estimate of drug-likeness (QED) is 0.531. The number of halogens is 2. The Kier molecular flexibility index (Phi) is 8.32. The second-order valence-electron chi connectivity index (χ2n) is 7.33. The maximum Gasteiger partial charge on any atom is 0.240 e. The van der Waals surface area contributed by atoms with Gasteiger partial charge in [-0.25, -0.2) is 13.1 Å². The first kappa shape index (κ1) is 24.0. The summed E-state index contributed by atoms with van der Waals surface area (Å²) in [6.07, 6.45) is -0.111. The first-order valence-corrected chi connectivity index (χ1v) is 12.1. The second-order valence-corrected chi connectivity index (χ2v) is 9.85. The number of aliphatic hydroxyl groups is 1. The van der Waals surface area contributed by atoms with Gasteiger partial charge in [0.15, 0.2) is 0 Å². The molecule has 3 rings (SSSR count). The molecule has 3 atom stereocenters. The minimum atomic E-state index is -3.73. The molecule has 2 aromatic rings. The lowest BCUT2D eigenvalue weighted by atomic mass is 9.98. The standard InChI is InChI=1S/C21H24Cl2N2O5S/c22-17-8-6-14(10-18(17)23)12-24-21(27)11-15-7-9-19(20(13-26)30-15)25-31(28,29)16-4-2-1-3-5-16/h1-6,8,10,15,19-20,25-26H,7,9,11-13H2,(H,24,27)/t15-,19-,20-/m1/s1. The van der Waals surface area contributed by atoms with E-state index >= 15 is 0 Å². The molecule has 1 aliphatic heterocycles. The second kappa shape index (κ2) is 10.8. The SMILES string of the molecule is O=C(C[C@H]1CC[C@@H](NS(=O)(=O)c2ccccc2)[C@@H](CO)O1)NCc1ccc(Cl)c(Cl)c1. The maximum absolute atomic E-state index is 12.6. The topological polar surface area (TPSA) is 105 Å². The summed E-state index contributed by atoms with van der Waals surface area (Å²) in [5.41, 5.74) is 0.816. The van der Waals surface area contributed by atoms with Gasteiger partial charge < -0.3 is 15.2 Å². The van der Waals surface area contributed by atoms with Crippen LogP contribution < -0.4 is 10.0 Å². The minimum absolute atomic E-state index is 0.107. The van der Waals surface area contributed by atoms with Crippen molar-refractivity contribution in [2.24, 2.45) is 0 Å². The van der Waals surface area contributed by atoms with Crippen LogP contribution in [0.15, 0.2) is 53.4 Å². The first-order chi connectivity index (χ1) is 14.8. The van der Waals surface area contributed by atoms with Crippen LogP contribution in [0.25, 0.3) is 0 Å². The molecule has 0 saturated carbocycles. The number of carbonyl (C=O) groups excluding carboxylic acids is 1. The Morgan fingerprint density at radius 3 is 2.52 bits per heavy atom. The molecule has 1 fully saturated rings. The third kappa shape index (κ3) is 6.65. The van der Waals surface area contributed by atoms with Crippen molar-refractivity contribution in [3.05, 3.63) is 64.1 Å².